The summed E-state index contributed by atoms with van der Waals surface area (Å²) in [6.07, 6.45) is 3.50. The van der Waals surface area contributed by atoms with Gasteiger partial charge in [0, 0.05) is 24.7 Å². The Morgan fingerprint density at radius 3 is 2.74 bits per heavy atom. The minimum Gasteiger partial charge on any atom is -0.488 e. The lowest BCUT2D eigenvalue weighted by molar-refractivity contribution is 0.231. The quantitative estimate of drug-likeness (QED) is 0.850. The Bertz CT molecular complexity index is 448. The smallest absolute Gasteiger partial charge is 0.167 e. The predicted octanol–water partition coefficient (Wildman–Crippen LogP) is 3.57. The summed E-state index contributed by atoms with van der Waals surface area (Å²) < 4.78 is 19.3. The first-order valence-electron chi connectivity index (χ1n) is 7.01. The maximum absolute atomic E-state index is 13.8. The van der Waals surface area contributed by atoms with Crippen LogP contribution in [0, 0.1) is 5.82 Å². The zero-order valence-electron chi connectivity index (χ0n) is 11.9. The van der Waals surface area contributed by atoms with Gasteiger partial charge in [0.25, 0.3) is 0 Å². The van der Waals surface area contributed by atoms with E-state index in [1.165, 1.54) is 12.5 Å². The van der Waals surface area contributed by atoms with Crippen LogP contribution in [0.4, 0.5) is 15.8 Å². The second-order valence-electron chi connectivity index (χ2n) is 5.55. The van der Waals surface area contributed by atoms with Crippen LogP contribution in [-0.4, -0.2) is 18.7 Å². The Balaban J connectivity index is 2.33. The van der Waals surface area contributed by atoms with Gasteiger partial charge in [0.2, 0.25) is 0 Å². The molecule has 0 saturated carbocycles. The molecule has 1 aromatic rings. The van der Waals surface area contributed by atoms with Crippen molar-refractivity contribution in [3.63, 3.8) is 0 Å². The van der Waals surface area contributed by atoms with Gasteiger partial charge in [0.05, 0.1) is 17.5 Å². The van der Waals surface area contributed by atoms with Gasteiger partial charge in [-0.25, -0.2) is 4.39 Å². The molecule has 0 aromatic heterocycles. The predicted molar refractivity (Wildman–Crippen MR) is 77.2 cm³/mol. The molecule has 1 atom stereocenters. The van der Waals surface area contributed by atoms with Gasteiger partial charge in [0.1, 0.15) is 0 Å². The average Bonchev–Trinajstić information content (AvgIpc) is 2.33. The van der Waals surface area contributed by atoms with E-state index in [2.05, 4.69) is 11.8 Å². The lowest BCUT2D eigenvalue weighted by Crippen LogP contribution is -2.37. The molecule has 0 aliphatic carbocycles. The summed E-state index contributed by atoms with van der Waals surface area (Å²) in [5.41, 5.74) is 7.36. The van der Waals surface area contributed by atoms with Gasteiger partial charge in [-0.1, -0.05) is 0 Å². The molecule has 106 valence electrons. The van der Waals surface area contributed by atoms with Gasteiger partial charge in [0.15, 0.2) is 11.6 Å². The zero-order chi connectivity index (χ0) is 14.0. The first-order valence-corrected chi connectivity index (χ1v) is 7.01. The van der Waals surface area contributed by atoms with Gasteiger partial charge < -0.3 is 15.4 Å². The molecule has 19 heavy (non-hydrogen) atoms. The van der Waals surface area contributed by atoms with E-state index in [0.717, 1.165) is 25.1 Å². The van der Waals surface area contributed by atoms with Gasteiger partial charge in [-0.2, -0.15) is 0 Å². The monoisotopic (exact) mass is 266 g/mol. The molecule has 4 heteroatoms. The number of hydrogen-bond acceptors (Lipinski definition) is 3. The third-order valence-corrected chi connectivity index (χ3v) is 3.56. The van der Waals surface area contributed by atoms with E-state index in [0.29, 0.717) is 11.7 Å². The van der Waals surface area contributed by atoms with Crippen LogP contribution in [0.1, 0.15) is 40.0 Å². The fourth-order valence-electron chi connectivity index (χ4n) is 2.61. The number of hydrogen-bond donors (Lipinski definition) is 1. The van der Waals surface area contributed by atoms with Crippen LogP contribution in [0.2, 0.25) is 0 Å². The summed E-state index contributed by atoms with van der Waals surface area (Å²) >= 11 is 0. The van der Waals surface area contributed by atoms with E-state index in [1.54, 1.807) is 6.07 Å². The molecule has 0 spiro atoms. The summed E-state index contributed by atoms with van der Waals surface area (Å²) in [6.45, 7) is 6.93. The molecule has 1 saturated heterocycles. The van der Waals surface area contributed by atoms with Crippen molar-refractivity contribution in [2.24, 2.45) is 0 Å². The number of nitrogens with zero attached hydrogens (tertiary/aromatic N) is 1. The number of nitrogen functional groups attached to an aromatic ring is 1. The molecular weight excluding hydrogens is 243 g/mol. The van der Waals surface area contributed by atoms with Gasteiger partial charge in [-0.15, -0.1) is 0 Å². The highest BCUT2D eigenvalue weighted by Crippen LogP contribution is 2.35. The van der Waals surface area contributed by atoms with Crippen LogP contribution in [0.5, 0.6) is 5.75 Å². The molecule has 1 heterocycles. The van der Waals surface area contributed by atoms with E-state index in [1.807, 2.05) is 13.8 Å². The molecule has 3 nitrogen and oxygen atoms in total. The van der Waals surface area contributed by atoms with Crippen LogP contribution in [-0.2, 0) is 0 Å². The van der Waals surface area contributed by atoms with E-state index in [9.17, 15) is 4.39 Å². The number of ether oxygens (including phenoxy) is 1. The molecule has 2 N–H and O–H groups in total. The molecule has 0 bridgehead atoms. The maximum atomic E-state index is 13.8. The zero-order valence-corrected chi connectivity index (χ0v) is 11.9. The number of halogens is 1. The maximum Gasteiger partial charge on any atom is 0.167 e. The molecule has 1 fully saturated rings. The first kappa shape index (κ1) is 14.0. The van der Waals surface area contributed by atoms with Crippen molar-refractivity contribution in [1.29, 1.82) is 0 Å². The molecule has 2 rings (SSSR count). The number of rotatable bonds is 3. The number of anilines is 2. The average molecular weight is 266 g/mol. The van der Waals surface area contributed by atoms with E-state index in [-0.39, 0.29) is 17.7 Å². The standard InChI is InChI=1S/C15H23FN2O/c1-10(2)19-15-9-14(13(17)8-12(15)16)18-7-5-4-6-11(18)3/h8-11H,4-7,17H2,1-3H3. The molecule has 1 aromatic carbocycles. The molecule has 0 amide bonds. The summed E-state index contributed by atoms with van der Waals surface area (Å²) in [5.74, 6) is -0.100. The summed E-state index contributed by atoms with van der Waals surface area (Å²) in [5, 5.41) is 0. The Labute approximate surface area is 114 Å². The van der Waals surface area contributed by atoms with Crippen molar-refractivity contribution in [2.75, 3.05) is 17.2 Å². The van der Waals surface area contributed by atoms with Crippen molar-refractivity contribution in [2.45, 2.75) is 52.2 Å². The SMILES string of the molecule is CC(C)Oc1cc(N2CCCCC2C)c(N)cc1F. The Morgan fingerprint density at radius 2 is 2.11 bits per heavy atom. The molecular formula is C15H23FN2O. The van der Waals surface area contributed by atoms with Crippen molar-refractivity contribution in [3.05, 3.63) is 17.9 Å². The van der Waals surface area contributed by atoms with Crippen LogP contribution in [0.15, 0.2) is 12.1 Å². The van der Waals surface area contributed by atoms with Crippen LogP contribution >= 0.6 is 0 Å². The summed E-state index contributed by atoms with van der Waals surface area (Å²) in [4.78, 5) is 2.26. The van der Waals surface area contributed by atoms with E-state index >= 15 is 0 Å². The molecule has 1 aliphatic rings. The highest BCUT2D eigenvalue weighted by Gasteiger charge is 2.22. The second-order valence-corrected chi connectivity index (χ2v) is 5.55. The minimum atomic E-state index is -0.389. The summed E-state index contributed by atoms with van der Waals surface area (Å²) in [6, 6.07) is 3.55. The van der Waals surface area contributed by atoms with Gasteiger partial charge in [-0.05, 0) is 40.0 Å². The fourth-order valence-corrected chi connectivity index (χ4v) is 2.61. The highest BCUT2D eigenvalue weighted by atomic mass is 19.1. The third-order valence-electron chi connectivity index (χ3n) is 3.56. The van der Waals surface area contributed by atoms with Gasteiger partial charge in [-0.3, -0.25) is 0 Å². The Kier molecular flexibility index (Phi) is 4.17. The third kappa shape index (κ3) is 3.11. The molecule has 0 radical (unpaired) electrons. The lowest BCUT2D eigenvalue weighted by Gasteiger charge is -2.36. The normalized spacial score (nSPS) is 19.8. The van der Waals surface area contributed by atoms with Crippen molar-refractivity contribution < 1.29 is 9.13 Å². The fraction of sp³-hybridized carbons (Fsp3) is 0.600. The Morgan fingerprint density at radius 1 is 1.37 bits per heavy atom. The van der Waals surface area contributed by atoms with Crippen LogP contribution < -0.4 is 15.4 Å². The largest absolute Gasteiger partial charge is 0.488 e. The first-order chi connectivity index (χ1) is 8.99. The minimum absolute atomic E-state index is 0.0512. The second kappa shape index (κ2) is 5.68. The van der Waals surface area contributed by atoms with Gasteiger partial charge >= 0.3 is 0 Å². The topological polar surface area (TPSA) is 38.5 Å². The Hall–Kier alpha value is -1.45. The lowest BCUT2D eigenvalue weighted by atomic mass is 10.0. The summed E-state index contributed by atoms with van der Waals surface area (Å²) in [7, 11) is 0. The van der Waals surface area contributed by atoms with Crippen LogP contribution in [0.3, 0.4) is 0 Å². The van der Waals surface area contributed by atoms with Crippen LogP contribution in [0.25, 0.3) is 0 Å². The van der Waals surface area contributed by atoms with Crippen molar-refractivity contribution >= 4 is 11.4 Å². The number of benzene rings is 1. The van der Waals surface area contributed by atoms with Crippen molar-refractivity contribution in [1.82, 2.24) is 0 Å². The number of piperidine rings is 1. The van der Waals surface area contributed by atoms with Crippen molar-refractivity contribution in [3.8, 4) is 5.75 Å². The van der Waals surface area contributed by atoms with E-state index in [4.69, 9.17) is 10.5 Å². The molecule has 1 aliphatic heterocycles. The molecule has 1 unspecified atom stereocenters. The van der Waals surface area contributed by atoms with E-state index < -0.39 is 0 Å². The number of nitrogens with two attached hydrogens (primary N) is 1. The highest BCUT2D eigenvalue weighted by molar-refractivity contribution is 5.70.